The molecule has 32 heavy (non-hydrogen) atoms. The van der Waals surface area contributed by atoms with Gasteiger partial charge in [0, 0.05) is 35.2 Å². The molecule has 4 nitrogen and oxygen atoms in total. The van der Waals surface area contributed by atoms with Crippen molar-refractivity contribution in [2.45, 2.75) is 54.6 Å². The summed E-state index contributed by atoms with van der Waals surface area (Å²) in [7, 11) is 0. The molecule has 2 aliphatic heterocycles. The van der Waals surface area contributed by atoms with E-state index in [1.165, 1.54) is 44.3 Å². The van der Waals surface area contributed by atoms with E-state index in [9.17, 15) is 0 Å². The zero-order valence-electron chi connectivity index (χ0n) is 19.8. The van der Waals surface area contributed by atoms with Gasteiger partial charge in [-0.05, 0) is 112 Å². The number of nitrogens with zero attached hydrogens (tertiary/aromatic N) is 4. The van der Waals surface area contributed by atoms with Crippen LogP contribution in [0, 0.1) is 27.7 Å². The van der Waals surface area contributed by atoms with Crippen LogP contribution in [0.3, 0.4) is 0 Å². The highest BCUT2D eigenvalue weighted by Gasteiger charge is 2.14. The lowest BCUT2D eigenvalue weighted by Gasteiger charge is -2.08. The summed E-state index contributed by atoms with van der Waals surface area (Å²) >= 11 is 0. The van der Waals surface area contributed by atoms with E-state index in [1.807, 2.05) is 0 Å². The number of aromatic nitrogens is 4. The van der Waals surface area contributed by atoms with Crippen molar-refractivity contribution >= 4 is 46.4 Å². The largest absolute Gasteiger partial charge is 0.341 e. The summed E-state index contributed by atoms with van der Waals surface area (Å²) in [6.45, 7) is 14.9. The lowest BCUT2D eigenvalue weighted by atomic mass is 10.2. The van der Waals surface area contributed by atoms with Crippen LogP contribution in [0.5, 0.6) is 0 Å². The molecule has 0 fully saturated rings. The summed E-state index contributed by atoms with van der Waals surface area (Å²) in [5, 5.41) is 0. The van der Waals surface area contributed by atoms with E-state index in [4.69, 9.17) is 9.97 Å². The van der Waals surface area contributed by atoms with Gasteiger partial charge in [-0.3, -0.25) is 0 Å². The van der Waals surface area contributed by atoms with Crippen LogP contribution in [-0.4, -0.2) is 19.1 Å². The van der Waals surface area contributed by atoms with Gasteiger partial charge >= 0.3 is 0 Å². The van der Waals surface area contributed by atoms with Crippen molar-refractivity contribution in [3.05, 3.63) is 69.3 Å². The normalized spacial score (nSPS) is 12.7. The zero-order chi connectivity index (χ0) is 22.6. The van der Waals surface area contributed by atoms with Crippen LogP contribution in [-0.2, 0) is 13.1 Å². The molecule has 0 amide bonds. The molecule has 0 spiro atoms. The minimum atomic E-state index is 0.898. The SMILES string of the molecule is CCn1c2ccc1c(C)c1nc(c(C)c3ccc(c(C)c4nc(c2C)C=C4)n3CC)C=C1. The fourth-order valence-corrected chi connectivity index (χ4v) is 5.01. The molecule has 4 heteroatoms. The number of hydrogen-bond acceptors (Lipinski definition) is 2. The fraction of sp³-hybridized carbons (Fsp3) is 0.286. The van der Waals surface area contributed by atoms with Crippen LogP contribution in [0.1, 0.15) is 58.9 Å². The van der Waals surface area contributed by atoms with Gasteiger partial charge in [-0.2, -0.15) is 0 Å². The van der Waals surface area contributed by atoms with Gasteiger partial charge in [0.05, 0.1) is 22.8 Å². The van der Waals surface area contributed by atoms with E-state index in [0.717, 1.165) is 35.9 Å². The Kier molecular flexibility index (Phi) is 4.89. The molecule has 0 saturated carbocycles. The Balaban J connectivity index is 2.03. The summed E-state index contributed by atoms with van der Waals surface area (Å²) in [6.07, 6.45) is 8.60. The highest BCUT2D eigenvalue weighted by molar-refractivity contribution is 5.83. The molecule has 0 atom stereocenters. The quantitative estimate of drug-likeness (QED) is 0.311. The molecule has 0 saturated heterocycles. The van der Waals surface area contributed by atoms with Crippen molar-refractivity contribution in [1.29, 1.82) is 0 Å². The third-order valence-electron chi connectivity index (χ3n) is 6.95. The van der Waals surface area contributed by atoms with Gasteiger partial charge in [0.25, 0.3) is 0 Å². The van der Waals surface area contributed by atoms with E-state index in [2.05, 4.69) is 99.2 Å². The van der Waals surface area contributed by atoms with Crippen molar-refractivity contribution in [2.75, 3.05) is 0 Å². The molecule has 8 bridgehead atoms. The minimum absolute atomic E-state index is 0.898. The van der Waals surface area contributed by atoms with Crippen molar-refractivity contribution in [1.82, 2.24) is 19.1 Å². The predicted molar refractivity (Wildman–Crippen MR) is 136 cm³/mol. The third kappa shape index (κ3) is 2.97. The molecule has 3 aromatic rings. The average Bonchev–Trinajstić information content (AvgIpc) is 3.60. The second kappa shape index (κ2) is 7.63. The van der Waals surface area contributed by atoms with Crippen molar-refractivity contribution in [3.63, 3.8) is 0 Å². The summed E-state index contributed by atoms with van der Waals surface area (Å²) < 4.78 is 4.75. The topological polar surface area (TPSA) is 35.6 Å². The average molecular weight is 423 g/mol. The predicted octanol–water partition coefficient (Wildman–Crippen LogP) is 6.88. The Hall–Kier alpha value is -3.40. The van der Waals surface area contributed by atoms with Gasteiger partial charge < -0.3 is 9.13 Å². The maximum Gasteiger partial charge on any atom is 0.0687 e. The number of fused-ring (bicyclic) bond motifs is 8. The molecule has 0 unspecified atom stereocenters. The Morgan fingerprint density at radius 3 is 0.969 bits per heavy atom. The minimum Gasteiger partial charge on any atom is -0.341 e. The lowest BCUT2D eigenvalue weighted by Crippen LogP contribution is -1.98. The second-order valence-electron chi connectivity index (χ2n) is 8.63. The molecule has 0 radical (unpaired) electrons. The molecule has 5 heterocycles. The van der Waals surface area contributed by atoms with Crippen molar-refractivity contribution < 1.29 is 0 Å². The van der Waals surface area contributed by atoms with Gasteiger partial charge in [-0.25, -0.2) is 9.97 Å². The van der Waals surface area contributed by atoms with Gasteiger partial charge in [-0.15, -0.1) is 0 Å². The van der Waals surface area contributed by atoms with E-state index < -0.39 is 0 Å². The van der Waals surface area contributed by atoms with Crippen LogP contribution >= 0.6 is 0 Å². The Labute approximate surface area is 189 Å². The first-order valence-corrected chi connectivity index (χ1v) is 11.5. The monoisotopic (exact) mass is 422 g/mol. The first kappa shape index (κ1) is 20.5. The standard InChI is InChI=1S/C28H30N4/c1-7-31-25-13-14-26(31)18(4)22-10-12-24(30-22)20(6)28-16-15-27(32(28)8-2)19(5)23-11-9-21(29-23)17(25)3/h9-16H,7-8H2,1-6H3. The van der Waals surface area contributed by atoms with E-state index in [1.54, 1.807) is 0 Å². The maximum atomic E-state index is 5.04. The van der Waals surface area contributed by atoms with Gasteiger partial charge in [0.15, 0.2) is 0 Å². The first-order chi connectivity index (χ1) is 15.4. The molecule has 0 aromatic carbocycles. The molecule has 3 aromatic heterocycles. The molecule has 2 aliphatic rings. The third-order valence-corrected chi connectivity index (χ3v) is 6.95. The Bertz CT molecular complexity index is 1260. The Morgan fingerprint density at radius 1 is 0.500 bits per heavy atom. The smallest absolute Gasteiger partial charge is 0.0687 e. The van der Waals surface area contributed by atoms with Crippen LogP contribution < -0.4 is 0 Å². The summed E-state index contributed by atoms with van der Waals surface area (Å²) in [4.78, 5) is 10.1. The van der Waals surface area contributed by atoms with E-state index in [-0.39, 0.29) is 0 Å². The molecule has 5 rings (SSSR count). The number of aryl methyl sites for hydroxylation is 6. The number of hydrogen-bond donors (Lipinski definition) is 0. The van der Waals surface area contributed by atoms with Gasteiger partial charge in [-0.1, -0.05) is 0 Å². The van der Waals surface area contributed by atoms with Crippen LogP contribution in [0.15, 0.2) is 24.3 Å². The molecular weight excluding hydrogens is 392 g/mol. The number of rotatable bonds is 2. The van der Waals surface area contributed by atoms with Gasteiger partial charge in [0.1, 0.15) is 0 Å². The van der Waals surface area contributed by atoms with Crippen LogP contribution in [0.4, 0.5) is 0 Å². The highest BCUT2D eigenvalue weighted by atomic mass is 15.0. The molecule has 0 aliphatic carbocycles. The first-order valence-electron chi connectivity index (χ1n) is 11.5. The molecular formula is C28H30N4. The molecule has 0 N–H and O–H groups in total. The summed E-state index contributed by atoms with van der Waals surface area (Å²) in [5.41, 5.74) is 13.8. The summed E-state index contributed by atoms with van der Waals surface area (Å²) in [6, 6.07) is 8.87. The lowest BCUT2D eigenvalue weighted by molar-refractivity contribution is 0.818. The van der Waals surface area contributed by atoms with Crippen LogP contribution in [0.25, 0.3) is 46.4 Å². The highest BCUT2D eigenvalue weighted by Crippen LogP contribution is 2.28. The Morgan fingerprint density at radius 2 is 0.750 bits per heavy atom. The maximum absolute atomic E-state index is 5.04. The zero-order valence-corrected chi connectivity index (χ0v) is 19.8. The molecule has 162 valence electrons. The van der Waals surface area contributed by atoms with Gasteiger partial charge in [0.2, 0.25) is 0 Å². The van der Waals surface area contributed by atoms with E-state index in [0.29, 0.717) is 0 Å². The van der Waals surface area contributed by atoms with Crippen LogP contribution in [0.2, 0.25) is 0 Å². The fourth-order valence-electron chi connectivity index (χ4n) is 5.01. The second-order valence-corrected chi connectivity index (χ2v) is 8.63. The van der Waals surface area contributed by atoms with Crippen molar-refractivity contribution in [2.24, 2.45) is 0 Å². The summed E-state index contributed by atoms with van der Waals surface area (Å²) in [5.74, 6) is 0. The van der Waals surface area contributed by atoms with E-state index >= 15 is 0 Å². The van der Waals surface area contributed by atoms with Crippen molar-refractivity contribution in [3.8, 4) is 0 Å².